The molecule has 0 saturated carbocycles. The van der Waals surface area contributed by atoms with Gasteiger partial charge >= 0.3 is 0 Å². The maximum absolute atomic E-state index is 12.4. The van der Waals surface area contributed by atoms with E-state index in [9.17, 15) is 4.79 Å². The van der Waals surface area contributed by atoms with Crippen LogP contribution >= 0.6 is 11.6 Å². The molecule has 0 radical (unpaired) electrons. The number of nitrogens with one attached hydrogen (secondary N) is 3. The third kappa shape index (κ3) is 5.37. The minimum Gasteiger partial charge on any atom is -0.369 e. The summed E-state index contributed by atoms with van der Waals surface area (Å²) in [4.78, 5) is 25.5. The Kier molecular flexibility index (Phi) is 6.58. The van der Waals surface area contributed by atoms with E-state index in [0.29, 0.717) is 40.4 Å². The van der Waals surface area contributed by atoms with Crippen molar-refractivity contribution in [2.75, 3.05) is 30.3 Å². The lowest BCUT2D eigenvalue weighted by molar-refractivity contribution is -0.120. The molecule has 8 heteroatoms. The second kappa shape index (κ2) is 9.10. The smallest absolute Gasteiger partial charge is 0.229 e. The molecule has 144 valence electrons. The number of carbonyl (C=O) groups is 1. The molecule has 1 atom stereocenters. The second-order valence-electron chi connectivity index (χ2n) is 7.15. The highest BCUT2D eigenvalue weighted by Crippen LogP contribution is 2.28. The van der Waals surface area contributed by atoms with Crippen molar-refractivity contribution in [3.05, 3.63) is 29.7 Å². The molecule has 1 fully saturated rings. The van der Waals surface area contributed by atoms with Crippen LogP contribution in [0.4, 0.5) is 11.6 Å². The molecule has 0 bridgehead atoms. The lowest BCUT2D eigenvalue weighted by atomic mass is 9.99. The van der Waals surface area contributed by atoms with Crippen LogP contribution < -0.4 is 16.0 Å². The molecule has 1 aliphatic heterocycles. The van der Waals surface area contributed by atoms with E-state index in [4.69, 9.17) is 11.6 Å². The SMILES string of the molecule is CC(C)CNc1cncc(-c2cc(NC(=O)C3CCCNC3)ncc2Cl)n1. The molecule has 7 nitrogen and oxygen atoms in total. The Hall–Kier alpha value is -2.25. The Morgan fingerprint density at radius 2 is 2.19 bits per heavy atom. The number of hydrogen-bond acceptors (Lipinski definition) is 6. The van der Waals surface area contributed by atoms with Crippen LogP contribution in [0.5, 0.6) is 0 Å². The van der Waals surface area contributed by atoms with Crippen LogP contribution in [0.3, 0.4) is 0 Å². The number of carbonyl (C=O) groups excluding carboxylic acids is 1. The van der Waals surface area contributed by atoms with Gasteiger partial charge in [0.15, 0.2) is 0 Å². The maximum atomic E-state index is 12.4. The third-order valence-corrected chi connectivity index (χ3v) is 4.68. The first-order chi connectivity index (χ1) is 13.0. The van der Waals surface area contributed by atoms with Crippen LogP contribution in [0.15, 0.2) is 24.7 Å². The molecular weight excluding hydrogens is 364 g/mol. The van der Waals surface area contributed by atoms with Gasteiger partial charge in [-0.15, -0.1) is 0 Å². The number of pyridine rings is 1. The number of halogens is 1. The van der Waals surface area contributed by atoms with Crippen molar-refractivity contribution in [1.29, 1.82) is 0 Å². The topological polar surface area (TPSA) is 91.8 Å². The highest BCUT2D eigenvalue weighted by molar-refractivity contribution is 6.33. The molecule has 2 aromatic rings. The molecule has 0 aliphatic carbocycles. The van der Waals surface area contributed by atoms with Crippen LogP contribution in [0.1, 0.15) is 26.7 Å². The summed E-state index contributed by atoms with van der Waals surface area (Å²) in [6, 6.07) is 1.74. The van der Waals surface area contributed by atoms with Gasteiger partial charge in [-0.25, -0.2) is 9.97 Å². The maximum Gasteiger partial charge on any atom is 0.229 e. The zero-order valence-corrected chi connectivity index (χ0v) is 16.4. The molecule has 3 N–H and O–H groups in total. The first-order valence-corrected chi connectivity index (χ1v) is 9.64. The average molecular weight is 389 g/mol. The fourth-order valence-corrected chi connectivity index (χ4v) is 3.10. The largest absolute Gasteiger partial charge is 0.369 e. The van der Waals surface area contributed by atoms with E-state index >= 15 is 0 Å². The van der Waals surface area contributed by atoms with Crippen molar-refractivity contribution >= 4 is 29.1 Å². The molecule has 0 spiro atoms. The van der Waals surface area contributed by atoms with Crippen LogP contribution in [-0.2, 0) is 4.79 Å². The van der Waals surface area contributed by atoms with Gasteiger partial charge < -0.3 is 16.0 Å². The number of piperidine rings is 1. The summed E-state index contributed by atoms with van der Waals surface area (Å²) < 4.78 is 0. The normalized spacial score (nSPS) is 17.0. The first-order valence-electron chi connectivity index (χ1n) is 9.26. The zero-order chi connectivity index (χ0) is 19.2. The van der Waals surface area contributed by atoms with Gasteiger partial charge in [0.05, 0.1) is 29.0 Å². The predicted molar refractivity (Wildman–Crippen MR) is 108 cm³/mol. The van der Waals surface area contributed by atoms with E-state index in [1.165, 1.54) is 6.20 Å². The van der Waals surface area contributed by atoms with Gasteiger partial charge in [0, 0.05) is 24.8 Å². The van der Waals surface area contributed by atoms with Gasteiger partial charge in [0.2, 0.25) is 5.91 Å². The van der Waals surface area contributed by atoms with Crippen molar-refractivity contribution < 1.29 is 4.79 Å². The number of rotatable bonds is 6. The van der Waals surface area contributed by atoms with Crippen molar-refractivity contribution in [3.63, 3.8) is 0 Å². The molecule has 27 heavy (non-hydrogen) atoms. The van der Waals surface area contributed by atoms with Gasteiger partial charge in [0.1, 0.15) is 11.6 Å². The second-order valence-corrected chi connectivity index (χ2v) is 7.55. The van der Waals surface area contributed by atoms with Crippen molar-refractivity contribution in [2.45, 2.75) is 26.7 Å². The minimum atomic E-state index is -0.0389. The van der Waals surface area contributed by atoms with Gasteiger partial charge in [-0.1, -0.05) is 25.4 Å². The Balaban J connectivity index is 1.77. The summed E-state index contributed by atoms with van der Waals surface area (Å²) in [5.41, 5.74) is 1.32. The molecule has 2 aromatic heterocycles. The Labute approximate surface area is 164 Å². The highest BCUT2D eigenvalue weighted by atomic mass is 35.5. The fraction of sp³-hybridized carbons (Fsp3) is 0.474. The van der Waals surface area contributed by atoms with Crippen LogP contribution in [-0.4, -0.2) is 40.5 Å². The standard InChI is InChI=1S/C19H25ClN6O/c1-12(2)7-23-18-11-22-10-16(25-18)14-6-17(24-9-15(14)20)26-19(27)13-4-3-5-21-8-13/h6,9-13,21H,3-5,7-8H2,1-2H3,(H,23,25)(H,24,26,27). The molecule has 1 unspecified atom stereocenters. The predicted octanol–water partition coefficient (Wildman–Crippen LogP) is 3.20. The van der Waals surface area contributed by atoms with Gasteiger partial charge in [-0.2, -0.15) is 0 Å². The Morgan fingerprint density at radius 1 is 1.33 bits per heavy atom. The summed E-state index contributed by atoms with van der Waals surface area (Å²) in [6.45, 7) is 6.72. The molecule has 3 rings (SSSR count). The number of amides is 1. The summed E-state index contributed by atoms with van der Waals surface area (Å²) in [7, 11) is 0. The lowest BCUT2D eigenvalue weighted by Gasteiger charge is -2.21. The zero-order valence-electron chi connectivity index (χ0n) is 15.6. The molecule has 1 aliphatic rings. The van der Waals surface area contributed by atoms with E-state index in [2.05, 4.69) is 44.7 Å². The number of aromatic nitrogens is 3. The first kappa shape index (κ1) is 19.5. The van der Waals surface area contributed by atoms with E-state index in [1.807, 2.05) is 0 Å². The third-order valence-electron chi connectivity index (χ3n) is 4.38. The summed E-state index contributed by atoms with van der Waals surface area (Å²) in [5, 5.41) is 9.85. The Morgan fingerprint density at radius 3 is 2.93 bits per heavy atom. The van der Waals surface area contributed by atoms with E-state index in [1.54, 1.807) is 18.5 Å². The monoisotopic (exact) mass is 388 g/mol. The van der Waals surface area contributed by atoms with Crippen LogP contribution in [0, 0.1) is 11.8 Å². The summed E-state index contributed by atoms with van der Waals surface area (Å²) in [5.74, 6) is 1.58. The van der Waals surface area contributed by atoms with Crippen molar-refractivity contribution in [1.82, 2.24) is 20.3 Å². The minimum absolute atomic E-state index is 0.0265. The number of nitrogens with zero attached hydrogens (tertiary/aromatic N) is 3. The lowest BCUT2D eigenvalue weighted by Crippen LogP contribution is -2.37. The van der Waals surface area contributed by atoms with Crippen molar-refractivity contribution in [3.8, 4) is 11.3 Å². The summed E-state index contributed by atoms with van der Waals surface area (Å²) in [6.07, 6.45) is 6.75. The summed E-state index contributed by atoms with van der Waals surface area (Å²) >= 11 is 6.32. The van der Waals surface area contributed by atoms with E-state index < -0.39 is 0 Å². The van der Waals surface area contributed by atoms with Crippen molar-refractivity contribution in [2.24, 2.45) is 11.8 Å². The average Bonchev–Trinajstić information content (AvgIpc) is 2.68. The van der Waals surface area contributed by atoms with E-state index in [0.717, 1.165) is 25.9 Å². The fourth-order valence-electron chi connectivity index (χ4n) is 2.90. The highest BCUT2D eigenvalue weighted by Gasteiger charge is 2.21. The molecular formula is C19H25ClN6O. The molecule has 3 heterocycles. The van der Waals surface area contributed by atoms with Crippen LogP contribution in [0.2, 0.25) is 5.02 Å². The molecule has 0 aromatic carbocycles. The number of anilines is 2. The quantitative estimate of drug-likeness (QED) is 0.703. The number of hydrogen-bond donors (Lipinski definition) is 3. The molecule has 1 saturated heterocycles. The van der Waals surface area contributed by atoms with Gasteiger partial charge in [-0.3, -0.25) is 9.78 Å². The molecule has 1 amide bonds. The Bertz CT molecular complexity index is 792. The van der Waals surface area contributed by atoms with Crippen LogP contribution in [0.25, 0.3) is 11.3 Å². The van der Waals surface area contributed by atoms with Gasteiger partial charge in [0.25, 0.3) is 0 Å². The van der Waals surface area contributed by atoms with Gasteiger partial charge in [-0.05, 0) is 31.4 Å². The van der Waals surface area contributed by atoms with E-state index in [-0.39, 0.29) is 11.8 Å².